The lowest BCUT2D eigenvalue weighted by atomic mass is 9.51. The predicted molar refractivity (Wildman–Crippen MR) is 168 cm³/mol. The molecule has 2 saturated carbocycles. The molecule has 0 amide bonds. The number of carbonyl (C=O) groups is 6. The van der Waals surface area contributed by atoms with E-state index < -0.39 is 106 Å². The number of fused-ring (bicyclic) bond motifs is 3. The molecule has 274 valence electrons. The topological polar surface area (TPSA) is 191 Å². The number of ether oxygens (including phenoxy) is 7. The van der Waals surface area contributed by atoms with E-state index in [1.165, 1.54) is 13.8 Å². The molecule has 4 aliphatic rings. The zero-order chi connectivity index (χ0) is 36.8. The Balaban J connectivity index is 2.10. The van der Waals surface area contributed by atoms with Gasteiger partial charge in [0.1, 0.15) is 17.8 Å². The van der Waals surface area contributed by atoms with Gasteiger partial charge in [-0.1, -0.05) is 32.9 Å². The predicted octanol–water partition coefficient (Wildman–Crippen LogP) is 2.72. The van der Waals surface area contributed by atoms with E-state index in [9.17, 15) is 33.9 Å². The van der Waals surface area contributed by atoms with Crippen molar-refractivity contribution in [1.29, 1.82) is 0 Å². The molecule has 2 heterocycles. The molecule has 0 bridgehead atoms. The van der Waals surface area contributed by atoms with Crippen molar-refractivity contribution in [3.05, 3.63) is 12.2 Å². The van der Waals surface area contributed by atoms with Crippen LogP contribution < -0.4 is 0 Å². The molecular weight excluding hydrogens is 668 g/mol. The minimum Gasteiger partial charge on any atom is -0.462 e. The lowest BCUT2D eigenvalue weighted by Gasteiger charge is -2.60. The maximum Gasteiger partial charge on any atom is 0.312 e. The maximum absolute atomic E-state index is 13.4. The van der Waals surface area contributed by atoms with Gasteiger partial charge in [0.25, 0.3) is 0 Å². The molecule has 49 heavy (non-hydrogen) atoms. The first kappa shape index (κ1) is 38.6. The first-order valence-corrected chi connectivity index (χ1v) is 16.9. The van der Waals surface area contributed by atoms with Crippen LogP contribution in [0.15, 0.2) is 12.2 Å². The molecule has 4 rings (SSSR count). The highest BCUT2D eigenvalue weighted by molar-refractivity contribution is 6.23. The average molecular weight is 715 g/mol. The maximum atomic E-state index is 13.4. The van der Waals surface area contributed by atoms with Crippen molar-refractivity contribution in [2.75, 3.05) is 6.61 Å². The van der Waals surface area contributed by atoms with Crippen LogP contribution in [0.4, 0.5) is 0 Å². The van der Waals surface area contributed by atoms with Gasteiger partial charge >= 0.3 is 35.8 Å². The third kappa shape index (κ3) is 7.05. The van der Waals surface area contributed by atoms with E-state index in [1.54, 1.807) is 6.92 Å². The summed E-state index contributed by atoms with van der Waals surface area (Å²) in [5, 5.41) is 11.6. The fourth-order valence-electron chi connectivity index (χ4n) is 7.96. The fourth-order valence-corrected chi connectivity index (χ4v) is 8.32. The van der Waals surface area contributed by atoms with Crippen LogP contribution in [0.2, 0.25) is 0 Å². The SMILES string of the molecule is C=C1CCC(OC(C)=O)C2(C)C(OC(C)=O)C(OC(=O)CCC(C)C)C(OC(C)=O)C3(CO3)C2C(OC(C)=O)C2(O)C(C)C(=O)OC2C1Cl. The number of carbonyl (C=O) groups excluding carboxylic acids is 6. The van der Waals surface area contributed by atoms with Crippen molar-refractivity contribution >= 4 is 47.4 Å². The number of halogens is 1. The summed E-state index contributed by atoms with van der Waals surface area (Å²) in [6.45, 7) is 15.2. The second-order valence-corrected chi connectivity index (χ2v) is 14.7. The summed E-state index contributed by atoms with van der Waals surface area (Å²) >= 11 is 6.86. The molecule has 12 unspecified atom stereocenters. The van der Waals surface area contributed by atoms with Gasteiger partial charge in [-0.15, -0.1) is 11.6 Å². The van der Waals surface area contributed by atoms with Crippen LogP contribution in [0.25, 0.3) is 0 Å². The van der Waals surface area contributed by atoms with Crippen molar-refractivity contribution in [2.24, 2.45) is 23.2 Å². The average Bonchev–Trinajstić information content (AvgIpc) is 3.74. The number of rotatable bonds is 8. The lowest BCUT2D eigenvalue weighted by Crippen LogP contribution is -2.76. The van der Waals surface area contributed by atoms with E-state index >= 15 is 0 Å². The van der Waals surface area contributed by atoms with Gasteiger partial charge in [-0.25, -0.2) is 0 Å². The number of hydrogen-bond acceptors (Lipinski definition) is 14. The molecule has 0 aromatic heterocycles. The minimum absolute atomic E-state index is 0.00380. The zero-order valence-corrected chi connectivity index (χ0v) is 29.9. The molecule has 2 saturated heterocycles. The van der Waals surface area contributed by atoms with Crippen molar-refractivity contribution in [3.8, 4) is 0 Å². The van der Waals surface area contributed by atoms with Gasteiger partial charge in [0.05, 0.1) is 23.3 Å². The van der Waals surface area contributed by atoms with Crippen molar-refractivity contribution < 1.29 is 67.0 Å². The Bertz CT molecular complexity index is 1370. The number of alkyl halides is 1. The Morgan fingerprint density at radius 1 is 0.939 bits per heavy atom. The molecule has 0 aromatic rings. The van der Waals surface area contributed by atoms with Crippen LogP contribution >= 0.6 is 11.6 Å². The van der Waals surface area contributed by atoms with Crippen LogP contribution in [0.1, 0.15) is 81.1 Å². The van der Waals surface area contributed by atoms with Crippen LogP contribution in [0, 0.1) is 23.2 Å². The summed E-state index contributed by atoms with van der Waals surface area (Å²) in [5.74, 6) is -7.39. The van der Waals surface area contributed by atoms with Crippen molar-refractivity contribution in [2.45, 2.75) is 134 Å². The van der Waals surface area contributed by atoms with E-state index in [4.69, 9.17) is 44.8 Å². The molecule has 0 radical (unpaired) electrons. The quantitative estimate of drug-likeness (QED) is 0.127. The Morgan fingerprint density at radius 2 is 1.47 bits per heavy atom. The number of esters is 6. The highest BCUT2D eigenvalue weighted by atomic mass is 35.5. The molecule has 14 nitrogen and oxygen atoms in total. The molecule has 1 N–H and O–H groups in total. The molecule has 4 fully saturated rings. The molecular formula is C34H47ClO14. The summed E-state index contributed by atoms with van der Waals surface area (Å²) in [6, 6.07) is 0. The number of hydrogen-bond donors (Lipinski definition) is 1. The first-order chi connectivity index (χ1) is 22.7. The van der Waals surface area contributed by atoms with Crippen LogP contribution in [-0.2, 0) is 61.9 Å². The van der Waals surface area contributed by atoms with E-state index in [0.29, 0.717) is 12.0 Å². The highest BCUT2D eigenvalue weighted by Crippen LogP contribution is 2.64. The van der Waals surface area contributed by atoms with Gasteiger partial charge in [0.15, 0.2) is 30.0 Å². The van der Waals surface area contributed by atoms with Crippen LogP contribution in [0.3, 0.4) is 0 Å². The third-order valence-electron chi connectivity index (χ3n) is 10.3. The van der Waals surface area contributed by atoms with Gasteiger partial charge in [-0.05, 0) is 32.1 Å². The molecule has 2 aliphatic carbocycles. The van der Waals surface area contributed by atoms with Crippen molar-refractivity contribution in [1.82, 2.24) is 0 Å². The Hall–Kier alpha value is -3.23. The van der Waals surface area contributed by atoms with Gasteiger partial charge in [-0.3, -0.25) is 28.8 Å². The second kappa shape index (κ2) is 14.2. The van der Waals surface area contributed by atoms with Gasteiger partial charge < -0.3 is 38.3 Å². The smallest absolute Gasteiger partial charge is 0.312 e. The first-order valence-electron chi connectivity index (χ1n) is 16.5. The summed E-state index contributed by atoms with van der Waals surface area (Å²) in [6.07, 6.45) is -8.58. The summed E-state index contributed by atoms with van der Waals surface area (Å²) in [5.41, 5.74) is -5.54. The molecule has 1 spiro atoms. The molecule has 2 aliphatic heterocycles. The standard InChI is InChI=1S/C34H47ClO14/c1-15(2)10-13-23(40)48-25-28(45-19(6)37)32(9)22(44-18(5)36)12-11-16(3)24(35)27-34(42,17(4)31(41)49-27)30(47-21(8)39)26(32)33(14-43-33)29(25)46-20(7)38/h15,17,22,24-30,42H,3,10-14H2,1-2,4-9H3. The summed E-state index contributed by atoms with van der Waals surface area (Å²) in [7, 11) is 0. The normalized spacial score (nSPS) is 39.9. The summed E-state index contributed by atoms with van der Waals surface area (Å²) in [4.78, 5) is 78.1. The highest BCUT2D eigenvalue weighted by Gasteiger charge is 2.81. The van der Waals surface area contributed by atoms with E-state index in [-0.39, 0.29) is 31.8 Å². The lowest BCUT2D eigenvalue weighted by molar-refractivity contribution is -0.285. The Morgan fingerprint density at radius 3 is 1.98 bits per heavy atom. The summed E-state index contributed by atoms with van der Waals surface area (Å²) < 4.78 is 41.6. The monoisotopic (exact) mass is 714 g/mol. The van der Waals surface area contributed by atoms with Crippen LogP contribution in [-0.4, -0.2) is 101 Å². The Labute approximate surface area is 290 Å². The van der Waals surface area contributed by atoms with E-state index in [1.807, 2.05) is 13.8 Å². The number of aliphatic hydroxyl groups is 1. The largest absolute Gasteiger partial charge is 0.462 e. The van der Waals surface area contributed by atoms with E-state index in [0.717, 1.165) is 20.8 Å². The van der Waals surface area contributed by atoms with Crippen LogP contribution in [0.5, 0.6) is 0 Å². The van der Waals surface area contributed by atoms with E-state index in [2.05, 4.69) is 6.58 Å². The molecule has 0 aromatic carbocycles. The molecule has 15 heteroatoms. The Kier molecular flexibility index (Phi) is 11.2. The molecule has 12 atom stereocenters. The second-order valence-electron chi connectivity index (χ2n) is 14.2. The third-order valence-corrected chi connectivity index (χ3v) is 10.9. The van der Waals surface area contributed by atoms with Gasteiger partial charge in [0.2, 0.25) is 0 Å². The zero-order valence-electron chi connectivity index (χ0n) is 29.1. The van der Waals surface area contributed by atoms with Crippen molar-refractivity contribution in [3.63, 3.8) is 0 Å². The van der Waals surface area contributed by atoms with Gasteiger partial charge in [0, 0.05) is 40.0 Å². The number of epoxide rings is 1. The minimum atomic E-state index is -2.39. The van der Waals surface area contributed by atoms with Gasteiger partial charge in [-0.2, -0.15) is 0 Å². The fraction of sp³-hybridized carbons (Fsp3) is 0.765.